The molecule has 1 heterocycles. The van der Waals surface area contributed by atoms with Crippen molar-refractivity contribution in [3.05, 3.63) is 0 Å². The fourth-order valence-corrected chi connectivity index (χ4v) is 2.63. The van der Waals surface area contributed by atoms with Crippen LogP contribution in [0.15, 0.2) is 4.99 Å². The number of hydrogen-bond donors (Lipinski definition) is 3. The van der Waals surface area contributed by atoms with Crippen LogP contribution in [0, 0.1) is 0 Å². The molecule has 1 aliphatic heterocycles. The number of carbonyl (C=O) groups excluding carboxylic acids is 1. The number of rotatable bonds is 10. The smallest absolute Gasteiger partial charge is 0.239 e. The van der Waals surface area contributed by atoms with Crippen molar-refractivity contribution >= 4 is 11.9 Å². The number of nitrogens with one attached hydrogen (secondary N) is 3. The molecule has 0 radical (unpaired) electrons. The third kappa shape index (κ3) is 10.3. The van der Waals surface area contributed by atoms with Gasteiger partial charge in [0.05, 0.1) is 25.9 Å². The zero-order chi connectivity index (χ0) is 18.5. The largest absolute Gasteiger partial charge is 0.383 e. The first-order valence-electron chi connectivity index (χ1n) is 9.12. The molecule has 0 aliphatic carbocycles. The second-order valence-electron chi connectivity index (χ2n) is 6.45. The lowest BCUT2D eigenvalue weighted by molar-refractivity contribution is -0.120. The topological polar surface area (TPSA) is 87.2 Å². The number of carbonyl (C=O) groups is 1. The predicted molar refractivity (Wildman–Crippen MR) is 99.9 cm³/mol. The minimum absolute atomic E-state index is 0.0695. The molecule has 3 N–H and O–H groups in total. The summed E-state index contributed by atoms with van der Waals surface area (Å²) in [5.41, 5.74) is 0. The van der Waals surface area contributed by atoms with Crippen molar-refractivity contribution in [2.75, 3.05) is 60.1 Å². The van der Waals surface area contributed by atoms with Gasteiger partial charge in [0.2, 0.25) is 5.91 Å². The molecule has 8 nitrogen and oxygen atoms in total. The first-order valence-corrected chi connectivity index (χ1v) is 9.12. The first-order chi connectivity index (χ1) is 12.0. The Morgan fingerprint density at radius 2 is 1.96 bits per heavy atom. The van der Waals surface area contributed by atoms with Crippen LogP contribution >= 0.6 is 0 Å². The van der Waals surface area contributed by atoms with E-state index in [2.05, 4.69) is 39.7 Å². The van der Waals surface area contributed by atoms with Gasteiger partial charge >= 0.3 is 0 Å². The van der Waals surface area contributed by atoms with Crippen molar-refractivity contribution < 1.29 is 14.3 Å². The molecule has 1 rings (SSSR count). The third-order valence-electron chi connectivity index (χ3n) is 4.06. The number of nitrogens with zero attached hydrogens (tertiary/aromatic N) is 2. The quantitative estimate of drug-likeness (QED) is 0.285. The molecule has 0 aromatic carbocycles. The van der Waals surface area contributed by atoms with Crippen molar-refractivity contribution in [2.45, 2.75) is 38.8 Å². The number of likely N-dealkylation sites (tertiary alicyclic amines) is 1. The molecule has 146 valence electrons. The number of amides is 1. The second kappa shape index (κ2) is 12.9. The highest BCUT2D eigenvalue weighted by Gasteiger charge is 2.19. The molecule has 0 unspecified atom stereocenters. The summed E-state index contributed by atoms with van der Waals surface area (Å²) in [6.45, 7) is 9.23. The van der Waals surface area contributed by atoms with E-state index in [1.165, 1.54) is 0 Å². The normalized spacial score (nSPS) is 16.9. The number of ether oxygens (including phenoxy) is 2. The molecule has 8 heteroatoms. The lowest BCUT2D eigenvalue weighted by atomic mass is 10.1. The molecule has 1 saturated heterocycles. The Hall–Kier alpha value is -1.38. The van der Waals surface area contributed by atoms with Crippen molar-refractivity contribution in [3.8, 4) is 0 Å². The molecule has 0 spiro atoms. The van der Waals surface area contributed by atoms with Gasteiger partial charge in [-0.1, -0.05) is 0 Å². The van der Waals surface area contributed by atoms with E-state index in [1.807, 2.05) is 0 Å². The predicted octanol–water partition coefficient (Wildman–Crippen LogP) is -0.197. The van der Waals surface area contributed by atoms with Gasteiger partial charge in [0.25, 0.3) is 0 Å². The lowest BCUT2D eigenvalue weighted by Crippen LogP contribution is -2.50. The second-order valence-corrected chi connectivity index (χ2v) is 6.45. The highest BCUT2D eigenvalue weighted by molar-refractivity contribution is 5.86. The molecule has 0 aromatic heterocycles. The van der Waals surface area contributed by atoms with Gasteiger partial charge in [-0.05, 0) is 26.7 Å². The van der Waals surface area contributed by atoms with Gasteiger partial charge < -0.3 is 30.3 Å². The lowest BCUT2D eigenvalue weighted by Gasteiger charge is -2.33. The van der Waals surface area contributed by atoms with Gasteiger partial charge in [0.1, 0.15) is 0 Å². The Labute approximate surface area is 151 Å². The van der Waals surface area contributed by atoms with Gasteiger partial charge in [0.15, 0.2) is 5.96 Å². The maximum atomic E-state index is 11.7. The summed E-state index contributed by atoms with van der Waals surface area (Å²) in [6, 6.07) is 0.380. The monoisotopic (exact) mass is 357 g/mol. The number of guanidine groups is 1. The average Bonchev–Trinajstić information content (AvgIpc) is 2.60. The van der Waals surface area contributed by atoms with E-state index in [0.717, 1.165) is 39.1 Å². The molecule has 1 amide bonds. The molecule has 1 aliphatic rings. The maximum absolute atomic E-state index is 11.7. The highest BCUT2D eigenvalue weighted by Crippen LogP contribution is 2.10. The third-order valence-corrected chi connectivity index (χ3v) is 4.06. The minimum Gasteiger partial charge on any atom is -0.383 e. The van der Waals surface area contributed by atoms with Crippen LogP contribution in [0.4, 0.5) is 0 Å². The minimum atomic E-state index is -0.0695. The van der Waals surface area contributed by atoms with Gasteiger partial charge in [-0.25, -0.2) is 0 Å². The maximum Gasteiger partial charge on any atom is 0.239 e. The van der Waals surface area contributed by atoms with Crippen LogP contribution in [0.3, 0.4) is 0 Å². The summed E-state index contributed by atoms with van der Waals surface area (Å²) in [7, 11) is 3.33. The Balaban J connectivity index is 2.19. The van der Waals surface area contributed by atoms with Crippen molar-refractivity contribution in [2.24, 2.45) is 4.99 Å². The summed E-state index contributed by atoms with van der Waals surface area (Å²) in [5.74, 6) is 0.600. The molecular formula is C17H35N5O3. The summed E-state index contributed by atoms with van der Waals surface area (Å²) >= 11 is 0. The van der Waals surface area contributed by atoms with Crippen LogP contribution < -0.4 is 16.0 Å². The SMILES string of the molecule is CN=C(NCC(=O)NCCOC)NC1CCN(CCOC(C)C)CC1. The van der Waals surface area contributed by atoms with Crippen molar-refractivity contribution in [1.82, 2.24) is 20.9 Å². The molecule has 1 fully saturated rings. The fourth-order valence-electron chi connectivity index (χ4n) is 2.63. The Morgan fingerprint density at radius 3 is 2.56 bits per heavy atom. The van der Waals surface area contributed by atoms with Crippen LogP contribution in [-0.4, -0.2) is 89.0 Å². The summed E-state index contributed by atoms with van der Waals surface area (Å²) < 4.78 is 10.5. The van der Waals surface area contributed by atoms with Gasteiger partial charge in [-0.15, -0.1) is 0 Å². The van der Waals surface area contributed by atoms with E-state index >= 15 is 0 Å². The van der Waals surface area contributed by atoms with E-state index in [0.29, 0.717) is 31.3 Å². The first kappa shape index (κ1) is 21.7. The van der Waals surface area contributed by atoms with Gasteiger partial charge in [-0.3, -0.25) is 9.79 Å². The Morgan fingerprint density at radius 1 is 1.24 bits per heavy atom. The van der Waals surface area contributed by atoms with Crippen LogP contribution in [0.25, 0.3) is 0 Å². The Kier molecular flexibility index (Phi) is 11.2. The van der Waals surface area contributed by atoms with E-state index in [-0.39, 0.29) is 12.5 Å². The van der Waals surface area contributed by atoms with E-state index < -0.39 is 0 Å². The zero-order valence-electron chi connectivity index (χ0n) is 16.1. The highest BCUT2D eigenvalue weighted by atomic mass is 16.5. The van der Waals surface area contributed by atoms with E-state index in [4.69, 9.17) is 9.47 Å². The van der Waals surface area contributed by atoms with Crippen molar-refractivity contribution in [3.63, 3.8) is 0 Å². The molecular weight excluding hydrogens is 322 g/mol. The van der Waals surface area contributed by atoms with Crippen LogP contribution in [0.1, 0.15) is 26.7 Å². The van der Waals surface area contributed by atoms with E-state index in [1.54, 1.807) is 14.2 Å². The number of methoxy groups -OCH3 is 1. The zero-order valence-corrected chi connectivity index (χ0v) is 16.1. The molecule has 0 saturated carbocycles. The molecule has 25 heavy (non-hydrogen) atoms. The van der Waals surface area contributed by atoms with Gasteiger partial charge in [-0.2, -0.15) is 0 Å². The number of hydrogen-bond acceptors (Lipinski definition) is 5. The van der Waals surface area contributed by atoms with Crippen LogP contribution in [0.2, 0.25) is 0 Å². The fraction of sp³-hybridized carbons (Fsp3) is 0.882. The summed E-state index contributed by atoms with van der Waals surface area (Å²) in [6.07, 6.45) is 2.41. The van der Waals surface area contributed by atoms with Crippen LogP contribution in [0.5, 0.6) is 0 Å². The van der Waals surface area contributed by atoms with E-state index in [9.17, 15) is 4.79 Å². The summed E-state index contributed by atoms with van der Waals surface area (Å²) in [4.78, 5) is 18.3. The van der Waals surface area contributed by atoms with Gasteiger partial charge in [0, 0.05) is 46.4 Å². The number of piperidine rings is 1. The molecule has 0 bridgehead atoms. The van der Waals surface area contributed by atoms with Crippen LogP contribution in [-0.2, 0) is 14.3 Å². The molecule has 0 aromatic rings. The summed E-state index contributed by atoms with van der Waals surface area (Å²) in [5, 5.41) is 9.23. The average molecular weight is 357 g/mol. The number of aliphatic imine (C=N–C) groups is 1. The standard InChI is InChI=1S/C17H35N5O3/c1-14(2)25-12-10-22-8-5-15(6-9-22)21-17(18-3)20-13-16(23)19-7-11-24-4/h14-15H,5-13H2,1-4H3,(H,19,23)(H2,18,20,21). The van der Waals surface area contributed by atoms with Crippen molar-refractivity contribution in [1.29, 1.82) is 0 Å². The molecule has 0 atom stereocenters. The Bertz CT molecular complexity index is 396.